The van der Waals surface area contributed by atoms with Crippen LogP contribution in [0.2, 0.25) is 0 Å². The second-order valence-corrected chi connectivity index (χ2v) is 6.28. The van der Waals surface area contributed by atoms with Crippen LogP contribution in [-0.4, -0.2) is 44.8 Å². The minimum absolute atomic E-state index is 0.0403. The number of hydrogen-bond acceptors (Lipinski definition) is 5. The predicted octanol–water partition coefficient (Wildman–Crippen LogP) is 2.23. The van der Waals surface area contributed by atoms with Crippen molar-refractivity contribution in [3.8, 4) is 11.5 Å². The fourth-order valence-corrected chi connectivity index (χ4v) is 2.80. The largest absolute Gasteiger partial charge is 0.457 e. The molecule has 0 radical (unpaired) electrons. The smallest absolute Gasteiger partial charge is 0.313 e. The van der Waals surface area contributed by atoms with E-state index in [2.05, 4.69) is 15.6 Å². The molecule has 2 heterocycles. The van der Waals surface area contributed by atoms with Gasteiger partial charge in [0.2, 0.25) is 0 Å². The number of carbonyl (C=O) groups excluding carboxylic acids is 2. The van der Waals surface area contributed by atoms with E-state index in [-0.39, 0.29) is 6.04 Å². The maximum absolute atomic E-state index is 13.2. The van der Waals surface area contributed by atoms with Crippen LogP contribution in [0.5, 0.6) is 11.5 Å². The fraction of sp³-hybridized carbons (Fsp3) is 0.158. The number of halogens is 1. The van der Waals surface area contributed by atoms with Crippen LogP contribution < -0.4 is 10.1 Å². The SMILES string of the molecule is O=C(Nc1ccc(Oc2cccc(F)c2)cc1)C(=O)N1CC(n2ccnn2)C1. The van der Waals surface area contributed by atoms with Crippen LogP contribution in [0.1, 0.15) is 6.04 Å². The van der Waals surface area contributed by atoms with Gasteiger partial charge in [0.15, 0.2) is 0 Å². The van der Waals surface area contributed by atoms with Crippen LogP contribution in [0, 0.1) is 5.82 Å². The van der Waals surface area contributed by atoms with E-state index in [4.69, 9.17) is 4.74 Å². The Labute approximate surface area is 159 Å². The molecule has 0 atom stereocenters. The zero-order valence-corrected chi connectivity index (χ0v) is 14.7. The molecule has 9 heteroatoms. The van der Waals surface area contributed by atoms with Gasteiger partial charge >= 0.3 is 11.8 Å². The summed E-state index contributed by atoms with van der Waals surface area (Å²) < 4.78 is 20.4. The molecule has 1 aromatic heterocycles. The zero-order valence-electron chi connectivity index (χ0n) is 14.7. The Hall–Kier alpha value is -3.75. The molecular formula is C19H16FN5O3. The Morgan fingerprint density at radius 1 is 1.11 bits per heavy atom. The number of carbonyl (C=O) groups is 2. The molecule has 0 saturated carbocycles. The van der Waals surface area contributed by atoms with Crippen molar-refractivity contribution in [1.82, 2.24) is 19.9 Å². The number of nitrogens with zero attached hydrogens (tertiary/aromatic N) is 4. The van der Waals surface area contributed by atoms with E-state index in [1.165, 1.54) is 17.0 Å². The maximum atomic E-state index is 13.2. The Morgan fingerprint density at radius 3 is 2.57 bits per heavy atom. The summed E-state index contributed by atoms with van der Waals surface area (Å²) >= 11 is 0. The van der Waals surface area contributed by atoms with E-state index in [1.807, 2.05) is 0 Å². The lowest BCUT2D eigenvalue weighted by Gasteiger charge is -2.38. The third-order valence-corrected chi connectivity index (χ3v) is 4.30. The first-order valence-electron chi connectivity index (χ1n) is 8.58. The van der Waals surface area contributed by atoms with Gasteiger partial charge in [-0.1, -0.05) is 11.3 Å². The summed E-state index contributed by atoms with van der Waals surface area (Å²) in [6, 6.07) is 12.3. The first kappa shape index (κ1) is 17.7. The van der Waals surface area contributed by atoms with Crippen molar-refractivity contribution in [2.45, 2.75) is 6.04 Å². The summed E-state index contributed by atoms with van der Waals surface area (Å²) in [6.45, 7) is 0.825. The summed E-state index contributed by atoms with van der Waals surface area (Å²) in [5.41, 5.74) is 0.457. The molecule has 0 aliphatic carbocycles. The van der Waals surface area contributed by atoms with Gasteiger partial charge in [0, 0.05) is 31.0 Å². The topological polar surface area (TPSA) is 89.4 Å². The van der Waals surface area contributed by atoms with Gasteiger partial charge in [-0.3, -0.25) is 9.59 Å². The maximum Gasteiger partial charge on any atom is 0.313 e. The van der Waals surface area contributed by atoms with Gasteiger partial charge in [-0.25, -0.2) is 9.07 Å². The fourth-order valence-electron chi connectivity index (χ4n) is 2.80. The summed E-state index contributed by atoms with van der Waals surface area (Å²) in [5.74, 6) is -0.857. The number of benzene rings is 2. The highest BCUT2D eigenvalue weighted by molar-refractivity contribution is 6.39. The zero-order chi connectivity index (χ0) is 19.5. The van der Waals surface area contributed by atoms with E-state index in [9.17, 15) is 14.0 Å². The molecule has 3 aromatic rings. The third-order valence-electron chi connectivity index (χ3n) is 4.30. The highest BCUT2D eigenvalue weighted by atomic mass is 19.1. The standard InChI is InChI=1S/C19H16FN5O3/c20-13-2-1-3-17(10-13)28-16-6-4-14(5-7-16)22-18(26)19(27)24-11-15(12-24)25-9-8-21-23-25/h1-10,15H,11-12H2,(H,22,26). The number of ether oxygens (including phenoxy) is 1. The number of amides is 2. The normalized spacial score (nSPS) is 13.7. The average Bonchev–Trinajstić information content (AvgIpc) is 3.16. The van der Waals surface area contributed by atoms with Crippen molar-refractivity contribution < 1.29 is 18.7 Å². The van der Waals surface area contributed by atoms with Gasteiger partial charge in [0.1, 0.15) is 17.3 Å². The molecular weight excluding hydrogens is 365 g/mol. The Kier molecular flexibility index (Phi) is 4.71. The average molecular weight is 381 g/mol. The lowest BCUT2D eigenvalue weighted by atomic mass is 10.1. The van der Waals surface area contributed by atoms with Crippen LogP contribution in [0.25, 0.3) is 0 Å². The molecule has 1 saturated heterocycles. The van der Waals surface area contributed by atoms with Crippen molar-refractivity contribution in [3.63, 3.8) is 0 Å². The van der Waals surface area contributed by atoms with Crippen molar-refractivity contribution in [3.05, 3.63) is 66.7 Å². The second-order valence-electron chi connectivity index (χ2n) is 6.28. The molecule has 8 nitrogen and oxygen atoms in total. The van der Waals surface area contributed by atoms with Crippen LogP contribution in [0.4, 0.5) is 10.1 Å². The van der Waals surface area contributed by atoms with Gasteiger partial charge in [0.05, 0.1) is 12.2 Å². The molecule has 4 rings (SSSR count). The summed E-state index contributed by atoms with van der Waals surface area (Å²) in [6.07, 6.45) is 3.29. The molecule has 1 N–H and O–H groups in total. The monoisotopic (exact) mass is 381 g/mol. The number of nitrogens with one attached hydrogen (secondary N) is 1. The highest BCUT2D eigenvalue weighted by Gasteiger charge is 2.35. The lowest BCUT2D eigenvalue weighted by molar-refractivity contribution is -0.147. The molecule has 1 aliphatic rings. The molecule has 1 aliphatic heterocycles. The van der Waals surface area contributed by atoms with E-state index in [0.29, 0.717) is 30.3 Å². The van der Waals surface area contributed by atoms with Crippen molar-refractivity contribution in [2.75, 3.05) is 18.4 Å². The molecule has 1 fully saturated rings. The van der Waals surface area contributed by atoms with Crippen molar-refractivity contribution in [1.29, 1.82) is 0 Å². The molecule has 0 spiro atoms. The molecule has 0 bridgehead atoms. The van der Waals surface area contributed by atoms with Gasteiger partial charge in [0.25, 0.3) is 0 Å². The van der Waals surface area contributed by atoms with Crippen LogP contribution >= 0.6 is 0 Å². The Morgan fingerprint density at radius 2 is 1.89 bits per heavy atom. The van der Waals surface area contributed by atoms with Crippen LogP contribution in [-0.2, 0) is 9.59 Å². The van der Waals surface area contributed by atoms with Gasteiger partial charge in [-0.2, -0.15) is 0 Å². The van der Waals surface area contributed by atoms with Gasteiger partial charge < -0.3 is 15.0 Å². The first-order valence-corrected chi connectivity index (χ1v) is 8.58. The minimum atomic E-state index is -0.712. The van der Waals surface area contributed by atoms with Crippen LogP contribution in [0.15, 0.2) is 60.9 Å². The molecule has 2 amide bonds. The minimum Gasteiger partial charge on any atom is -0.457 e. The van der Waals surface area contributed by atoms with Crippen molar-refractivity contribution in [2.24, 2.45) is 0 Å². The van der Waals surface area contributed by atoms with E-state index < -0.39 is 17.6 Å². The van der Waals surface area contributed by atoms with Crippen molar-refractivity contribution >= 4 is 17.5 Å². The lowest BCUT2D eigenvalue weighted by Crippen LogP contribution is -2.54. The number of hydrogen-bond donors (Lipinski definition) is 1. The Bertz CT molecular complexity index is 985. The van der Waals surface area contributed by atoms with E-state index in [0.717, 1.165) is 0 Å². The molecule has 0 unspecified atom stereocenters. The first-order chi connectivity index (χ1) is 13.6. The number of rotatable bonds is 4. The number of likely N-dealkylation sites (tertiary alicyclic amines) is 1. The summed E-state index contributed by atoms with van der Waals surface area (Å²) in [7, 11) is 0. The molecule has 142 valence electrons. The van der Waals surface area contributed by atoms with Gasteiger partial charge in [-0.15, -0.1) is 5.10 Å². The second kappa shape index (κ2) is 7.47. The third kappa shape index (κ3) is 3.83. The van der Waals surface area contributed by atoms with Gasteiger partial charge in [-0.05, 0) is 36.4 Å². The van der Waals surface area contributed by atoms with E-state index in [1.54, 1.807) is 53.5 Å². The molecule has 28 heavy (non-hydrogen) atoms. The van der Waals surface area contributed by atoms with E-state index >= 15 is 0 Å². The Balaban J connectivity index is 1.30. The predicted molar refractivity (Wildman–Crippen MR) is 97.2 cm³/mol. The quantitative estimate of drug-likeness (QED) is 0.700. The number of aromatic nitrogens is 3. The highest BCUT2D eigenvalue weighted by Crippen LogP contribution is 2.24. The number of anilines is 1. The van der Waals surface area contributed by atoms with Crippen LogP contribution in [0.3, 0.4) is 0 Å². The summed E-state index contributed by atoms with van der Waals surface area (Å²) in [4.78, 5) is 25.8. The molecule has 2 aromatic carbocycles. The summed E-state index contributed by atoms with van der Waals surface area (Å²) in [5, 5.41) is 10.2.